The second-order valence-electron chi connectivity index (χ2n) is 6.73. The van der Waals surface area contributed by atoms with Gasteiger partial charge in [-0.1, -0.05) is 12.1 Å². The van der Waals surface area contributed by atoms with E-state index in [1.165, 1.54) is 12.5 Å². The van der Waals surface area contributed by atoms with Crippen LogP contribution >= 0.6 is 0 Å². The van der Waals surface area contributed by atoms with E-state index in [2.05, 4.69) is 15.3 Å². The summed E-state index contributed by atoms with van der Waals surface area (Å²) in [6.45, 7) is -0.272. The first-order valence-electron chi connectivity index (χ1n) is 8.87. The van der Waals surface area contributed by atoms with Gasteiger partial charge in [-0.3, -0.25) is 0 Å². The second-order valence-corrected chi connectivity index (χ2v) is 6.73. The van der Waals surface area contributed by atoms with Crippen LogP contribution in [0.1, 0.15) is 22.9 Å². The molecule has 0 radical (unpaired) electrons. The molecule has 1 atom stereocenters. The fourth-order valence-corrected chi connectivity index (χ4v) is 3.21. The van der Waals surface area contributed by atoms with Gasteiger partial charge in [0.1, 0.15) is 11.2 Å². The molecule has 31 heavy (non-hydrogen) atoms. The van der Waals surface area contributed by atoms with Crippen molar-refractivity contribution in [3.8, 4) is 0 Å². The van der Waals surface area contributed by atoms with Gasteiger partial charge in [-0.15, -0.1) is 0 Å². The summed E-state index contributed by atoms with van der Waals surface area (Å²) in [6, 6.07) is 8.28. The van der Waals surface area contributed by atoms with Gasteiger partial charge in [-0.25, -0.2) is 9.97 Å². The lowest BCUT2D eigenvalue weighted by Crippen LogP contribution is -2.17. The molecule has 4 aromatic rings. The van der Waals surface area contributed by atoms with Crippen LogP contribution in [-0.4, -0.2) is 21.6 Å². The number of anilines is 1. The minimum Gasteiger partial charge on any atom is -0.443 e. The molecule has 4 rings (SSSR count). The Morgan fingerprint density at radius 1 is 1.00 bits per heavy atom. The van der Waals surface area contributed by atoms with Gasteiger partial charge < -0.3 is 14.8 Å². The molecule has 0 aliphatic carbocycles. The number of oxazole rings is 1. The molecule has 2 N–H and O–H groups in total. The lowest BCUT2D eigenvalue weighted by molar-refractivity contribution is -0.142. The van der Waals surface area contributed by atoms with Crippen LogP contribution in [0.2, 0.25) is 0 Å². The quantitative estimate of drug-likeness (QED) is 0.406. The number of nitrogens with zero attached hydrogens (tertiary/aromatic N) is 2. The summed E-state index contributed by atoms with van der Waals surface area (Å²) < 4.78 is 85.1. The Hall–Kier alpha value is -3.34. The van der Waals surface area contributed by atoms with Crippen molar-refractivity contribution in [1.29, 1.82) is 0 Å². The Balaban J connectivity index is 1.73. The van der Waals surface area contributed by atoms with E-state index in [9.17, 15) is 31.4 Å². The number of aliphatic hydroxyl groups is 1. The van der Waals surface area contributed by atoms with Gasteiger partial charge in [-0.05, 0) is 29.8 Å². The number of hydrogen-bond donors (Lipinski definition) is 2. The molecule has 0 amide bonds. The zero-order valence-corrected chi connectivity index (χ0v) is 15.4. The average Bonchev–Trinajstić information content (AvgIpc) is 3.17. The number of para-hydroxylation sites is 1. The molecule has 162 valence electrons. The van der Waals surface area contributed by atoms with Gasteiger partial charge in [-0.2, -0.15) is 26.3 Å². The van der Waals surface area contributed by atoms with Crippen LogP contribution in [0.5, 0.6) is 0 Å². The summed E-state index contributed by atoms with van der Waals surface area (Å²) in [6.07, 6.45) is -10.2. The zero-order valence-electron chi connectivity index (χ0n) is 15.4. The smallest absolute Gasteiger partial charge is 0.433 e. The highest BCUT2D eigenvalue weighted by atomic mass is 19.4. The molecule has 0 aliphatic rings. The van der Waals surface area contributed by atoms with Gasteiger partial charge in [0.15, 0.2) is 12.0 Å². The number of alkyl halides is 6. The third kappa shape index (κ3) is 4.13. The highest BCUT2D eigenvalue weighted by Gasteiger charge is 2.37. The van der Waals surface area contributed by atoms with E-state index in [-0.39, 0.29) is 17.5 Å². The third-order valence-corrected chi connectivity index (χ3v) is 4.66. The second kappa shape index (κ2) is 7.41. The summed E-state index contributed by atoms with van der Waals surface area (Å²) in [4.78, 5) is 7.15. The summed E-state index contributed by atoms with van der Waals surface area (Å²) >= 11 is 0. The first-order chi connectivity index (χ1) is 14.5. The van der Waals surface area contributed by atoms with Crippen molar-refractivity contribution >= 4 is 27.7 Å². The summed E-state index contributed by atoms with van der Waals surface area (Å²) in [5, 5.41) is 13.2. The van der Waals surface area contributed by atoms with Crippen LogP contribution in [-0.2, 0) is 12.4 Å². The number of aromatic nitrogens is 2. The third-order valence-electron chi connectivity index (χ3n) is 4.66. The van der Waals surface area contributed by atoms with Crippen LogP contribution in [0.15, 0.2) is 53.3 Å². The van der Waals surface area contributed by atoms with Crippen LogP contribution in [0.3, 0.4) is 0 Å². The lowest BCUT2D eigenvalue weighted by Gasteiger charge is -2.19. The predicted octanol–water partition coefficient (Wildman–Crippen LogP) is 5.56. The van der Waals surface area contributed by atoms with Gasteiger partial charge in [0.05, 0.1) is 17.2 Å². The molecular weight excluding hydrogens is 428 g/mol. The lowest BCUT2D eigenvalue weighted by atomic mass is 9.99. The van der Waals surface area contributed by atoms with E-state index in [0.29, 0.717) is 28.9 Å². The molecule has 11 heteroatoms. The van der Waals surface area contributed by atoms with Crippen LogP contribution in [0, 0.1) is 0 Å². The number of rotatable bonds is 4. The van der Waals surface area contributed by atoms with Gasteiger partial charge >= 0.3 is 12.4 Å². The minimum absolute atomic E-state index is 0.220. The van der Waals surface area contributed by atoms with Crippen molar-refractivity contribution < 1.29 is 35.9 Å². The van der Waals surface area contributed by atoms with Gasteiger partial charge in [0.25, 0.3) is 0 Å². The maximum atomic E-state index is 13.3. The van der Waals surface area contributed by atoms with E-state index in [1.54, 1.807) is 18.2 Å². The molecule has 1 unspecified atom stereocenters. The number of nitrogens with one attached hydrogen (secondary N) is 1. The van der Waals surface area contributed by atoms with Crippen LogP contribution < -0.4 is 5.32 Å². The molecule has 2 heterocycles. The monoisotopic (exact) mass is 441 g/mol. The molecular formula is C20H13F6N3O2. The van der Waals surface area contributed by atoms with E-state index in [4.69, 9.17) is 4.42 Å². The Kier molecular flexibility index (Phi) is 5.00. The number of hydrogen-bond acceptors (Lipinski definition) is 5. The average molecular weight is 441 g/mol. The molecule has 0 bridgehead atoms. The summed E-state index contributed by atoms with van der Waals surface area (Å²) in [5.41, 5.74) is -2.52. The Morgan fingerprint density at radius 2 is 1.77 bits per heavy atom. The molecule has 0 aliphatic heterocycles. The predicted molar refractivity (Wildman–Crippen MR) is 99.2 cm³/mol. The molecule has 0 spiro atoms. The Morgan fingerprint density at radius 3 is 2.48 bits per heavy atom. The van der Waals surface area contributed by atoms with Gasteiger partial charge in [0, 0.05) is 23.7 Å². The standard InChI is InChI=1S/C20H13F6N3O2/c21-19(22,23)13-3-1-2-11-12(7-17(20(24,25)26)29-18(11)13)15(30)8-27-10-4-5-14-16(6-10)31-9-28-14/h1-7,9,15,27,30H,8H2. The van der Waals surface area contributed by atoms with Crippen molar-refractivity contribution in [3.63, 3.8) is 0 Å². The van der Waals surface area contributed by atoms with Gasteiger partial charge in [0.2, 0.25) is 0 Å². The van der Waals surface area contributed by atoms with Crippen molar-refractivity contribution in [2.75, 3.05) is 11.9 Å². The molecule has 5 nitrogen and oxygen atoms in total. The van der Waals surface area contributed by atoms with Crippen LogP contribution in [0.4, 0.5) is 32.0 Å². The van der Waals surface area contributed by atoms with Crippen molar-refractivity contribution in [2.45, 2.75) is 18.5 Å². The first-order valence-corrected chi connectivity index (χ1v) is 8.87. The SMILES string of the molecule is OC(CNc1ccc2ncoc2c1)c1cc(C(F)(F)F)nc2c(C(F)(F)F)cccc12. The highest BCUT2D eigenvalue weighted by Crippen LogP contribution is 2.39. The number of pyridine rings is 1. The normalized spacial score (nSPS) is 13.6. The Bertz CT molecular complexity index is 1250. The number of halogens is 6. The van der Waals surface area contributed by atoms with Crippen molar-refractivity contribution in [2.24, 2.45) is 0 Å². The molecule has 0 fully saturated rings. The molecule has 2 aromatic carbocycles. The molecule has 2 aromatic heterocycles. The summed E-state index contributed by atoms with van der Waals surface area (Å²) in [5.74, 6) is 0. The number of aliphatic hydroxyl groups excluding tert-OH is 1. The van der Waals surface area contributed by atoms with E-state index < -0.39 is 35.2 Å². The molecule has 0 saturated carbocycles. The highest BCUT2D eigenvalue weighted by molar-refractivity contribution is 5.86. The molecule has 0 saturated heterocycles. The Labute approximate surface area is 170 Å². The number of fused-ring (bicyclic) bond motifs is 2. The maximum absolute atomic E-state index is 13.3. The summed E-state index contributed by atoms with van der Waals surface area (Å²) in [7, 11) is 0. The van der Waals surface area contributed by atoms with Crippen molar-refractivity contribution in [1.82, 2.24) is 9.97 Å². The van der Waals surface area contributed by atoms with E-state index >= 15 is 0 Å². The van der Waals surface area contributed by atoms with Crippen LogP contribution in [0.25, 0.3) is 22.0 Å². The largest absolute Gasteiger partial charge is 0.443 e. The minimum atomic E-state index is -4.99. The van der Waals surface area contributed by atoms with Crippen molar-refractivity contribution in [3.05, 3.63) is 65.7 Å². The van der Waals surface area contributed by atoms with E-state index in [0.717, 1.165) is 6.07 Å². The fourth-order valence-electron chi connectivity index (χ4n) is 3.21. The first kappa shape index (κ1) is 20.9. The maximum Gasteiger partial charge on any atom is 0.433 e. The zero-order chi connectivity index (χ0) is 22.4. The number of benzene rings is 2. The fraction of sp³-hybridized carbons (Fsp3) is 0.200. The van der Waals surface area contributed by atoms with E-state index in [1.807, 2.05) is 0 Å². The topological polar surface area (TPSA) is 71.2 Å².